The molecule has 152 valence electrons. The first-order valence-corrected chi connectivity index (χ1v) is 10.3. The van der Waals surface area contributed by atoms with Gasteiger partial charge in [-0.1, -0.05) is 26.0 Å². The van der Waals surface area contributed by atoms with Gasteiger partial charge in [0.2, 0.25) is 0 Å². The molecule has 2 amide bonds. The summed E-state index contributed by atoms with van der Waals surface area (Å²) >= 11 is 1.66. The number of nitrogens with zero attached hydrogens (tertiary/aromatic N) is 2. The predicted molar refractivity (Wildman–Crippen MR) is 117 cm³/mol. The lowest BCUT2D eigenvalue weighted by molar-refractivity contribution is 0.250. The number of urea groups is 1. The molecule has 1 aromatic carbocycles. The summed E-state index contributed by atoms with van der Waals surface area (Å²) in [5.74, 6) is 1.16. The van der Waals surface area contributed by atoms with Gasteiger partial charge in [-0.3, -0.25) is 4.99 Å². The summed E-state index contributed by atoms with van der Waals surface area (Å²) in [7, 11) is 1.75. The average Bonchev–Trinajstić information content (AvgIpc) is 3.12. The van der Waals surface area contributed by atoms with E-state index in [0.29, 0.717) is 19.0 Å². The highest BCUT2D eigenvalue weighted by Crippen LogP contribution is 2.17. The molecule has 0 fully saturated rings. The Kier molecular flexibility index (Phi) is 8.25. The van der Waals surface area contributed by atoms with Crippen LogP contribution in [0.3, 0.4) is 0 Å². The van der Waals surface area contributed by atoms with E-state index in [9.17, 15) is 4.79 Å². The fourth-order valence-corrected chi connectivity index (χ4v) is 3.27. The number of anilines is 1. The van der Waals surface area contributed by atoms with E-state index in [0.717, 1.165) is 27.9 Å². The SMILES string of the molecule is CN=C(NCc1ccc(NC(=O)NC(C)C)cc1)NCc1nc(C(C)C)cs1. The lowest BCUT2D eigenvalue weighted by Gasteiger charge is -2.12. The summed E-state index contributed by atoms with van der Waals surface area (Å²) in [6.07, 6.45) is 0. The minimum atomic E-state index is -0.201. The molecule has 0 bridgehead atoms. The molecule has 0 spiro atoms. The summed E-state index contributed by atoms with van der Waals surface area (Å²) in [5, 5.41) is 15.3. The lowest BCUT2D eigenvalue weighted by atomic mass is 10.2. The van der Waals surface area contributed by atoms with Gasteiger partial charge >= 0.3 is 6.03 Å². The Hall–Kier alpha value is -2.61. The van der Waals surface area contributed by atoms with Crippen molar-refractivity contribution in [2.45, 2.75) is 52.7 Å². The van der Waals surface area contributed by atoms with E-state index < -0.39 is 0 Å². The van der Waals surface area contributed by atoms with Crippen molar-refractivity contribution in [2.75, 3.05) is 12.4 Å². The Labute approximate surface area is 171 Å². The van der Waals surface area contributed by atoms with Gasteiger partial charge in [0.15, 0.2) is 5.96 Å². The molecule has 2 rings (SSSR count). The van der Waals surface area contributed by atoms with Gasteiger partial charge in [-0.25, -0.2) is 9.78 Å². The maximum absolute atomic E-state index is 11.7. The number of thiazole rings is 1. The first kappa shape index (κ1) is 21.7. The highest BCUT2D eigenvalue weighted by atomic mass is 32.1. The Balaban J connectivity index is 1.80. The molecule has 4 N–H and O–H groups in total. The number of hydrogen-bond donors (Lipinski definition) is 4. The smallest absolute Gasteiger partial charge is 0.319 e. The largest absolute Gasteiger partial charge is 0.352 e. The van der Waals surface area contributed by atoms with Crippen molar-refractivity contribution in [3.05, 3.63) is 45.9 Å². The van der Waals surface area contributed by atoms with Crippen LogP contribution in [0.5, 0.6) is 0 Å². The molecular formula is C20H30N6OS. The Bertz CT molecular complexity index is 782. The van der Waals surface area contributed by atoms with Crippen LogP contribution in [0.2, 0.25) is 0 Å². The molecule has 0 saturated carbocycles. The van der Waals surface area contributed by atoms with E-state index in [1.165, 1.54) is 0 Å². The number of benzene rings is 1. The van der Waals surface area contributed by atoms with E-state index in [2.05, 4.69) is 50.5 Å². The number of aromatic nitrogens is 1. The first-order chi connectivity index (χ1) is 13.4. The van der Waals surface area contributed by atoms with Crippen molar-refractivity contribution in [2.24, 2.45) is 4.99 Å². The van der Waals surface area contributed by atoms with Gasteiger partial charge in [0, 0.05) is 30.7 Å². The number of hydrogen-bond acceptors (Lipinski definition) is 4. The molecule has 0 unspecified atom stereocenters. The summed E-state index contributed by atoms with van der Waals surface area (Å²) in [5.41, 5.74) is 2.98. The predicted octanol–water partition coefficient (Wildman–Crippen LogP) is 3.66. The number of aliphatic imine (C=N–C) groups is 1. The maximum Gasteiger partial charge on any atom is 0.319 e. The number of rotatable bonds is 7. The normalized spacial score (nSPS) is 11.6. The molecule has 1 aromatic heterocycles. The quantitative estimate of drug-likeness (QED) is 0.420. The summed E-state index contributed by atoms with van der Waals surface area (Å²) in [6, 6.07) is 7.62. The Morgan fingerprint density at radius 3 is 2.36 bits per heavy atom. The van der Waals surface area contributed by atoms with Crippen LogP contribution < -0.4 is 21.3 Å². The number of carbonyl (C=O) groups is 1. The molecule has 8 heteroatoms. The molecule has 1 heterocycles. The number of guanidine groups is 1. The van der Waals surface area contributed by atoms with Crippen molar-refractivity contribution < 1.29 is 4.79 Å². The van der Waals surface area contributed by atoms with Gasteiger partial charge < -0.3 is 21.3 Å². The summed E-state index contributed by atoms with van der Waals surface area (Å²) < 4.78 is 0. The van der Waals surface area contributed by atoms with Gasteiger partial charge in [0.05, 0.1) is 12.2 Å². The van der Waals surface area contributed by atoms with Gasteiger partial charge in [0.1, 0.15) is 5.01 Å². The molecule has 0 aliphatic rings. The van der Waals surface area contributed by atoms with Crippen molar-refractivity contribution in [1.82, 2.24) is 20.9 Å². The molecular weight excluding hydrogens is 372 g/mol. The number of amides is 2. The fraction of sp³-hybridized carbons (Fsp3) is 0.450. The van der Waals surface area contributed by atoms with Crippen LogP contribution in [0.15, 0.2) is 34.6 Å². The average molecular weight is 403 g/mol. The minimum absolute atomic E-state index is 0.101. The second-order valence-corrected chi connectivity index (χ2v) is 7.99. The monoisotopic (exact) mass is 402 g/mol. The van der Waals surface area contributed by atoms with Crippen LogP contribution in [0.1, 0.15) is 49.9 Å². The zero-order valence-corrected chi connectivity index (χ0v) is 18.0. The molecule has 28 heavy (non-hydrogen) atoms. The standard InChI is InChI=1S/C20H30N6OS/c1-13(2)17-12-28-18(26-17)11-23-19(21-5)22-10-15-6-8-16(9-7-15)25-20(27)24-14(3)4/h6-9,12-14H,10-11H2,1-5H3,(H2,21,22,23)(H2,24,25,27). The zero-order valence-electron chi connectivity index (χ0n) is 17.2. The third-order valence-corrected chi connectivity index (χ3v) is 4.75. The van der Waals surface area contributed by atoms with Crippen molar-refractivity contribution >= 4 is 29.0 Å². The second kappa shape index (κ2) is 10.7. The van der Waals surface area contributed by atoms with Crippen molar-refractivity contribution in [1.29, 1.82) is 0 Å². The summed E-state index contributed by atoms with van der Waals surface area (Å²) in [4.78, 5) is 20.6. The lowest BCUT2D eigenvalue weighted by Crippen LogP contribution is -2.36. The van der Waals surface area contributed by atoms with Crippen LogP contribution >= 0.6 is 11.3 Å². The van der Waals surface area contributed by atoms with E-state index in [1.807, 2.05) is 38.1 Å². The molecule has 0 aliphatic heterocycles. The zero-order chi connectivity index (χ0) is 20.5. The number of nitrogens with one attached hydrogen (secondary N) is 4. The molecule has 0 aliphatic carbocycles. The first-order valence-electron chi connectivity index (χ1n) is 9.42. The van der Waals surface area contributed by atoms with Crippen LogP contribution in [0, 0.1) is 0 Å². The molecule has 7 nitrogen and oxygen atoms in total. The maximum atomic E-state index is 11.7. The minimum Gasteiger partial charge on any atom is -0.352 e. The van der Waals surface area contributed by atoms with Crippen molar-refractivity contribution in [3.8, 4) is 0 Å². The fourth-order valence-electron chi connectivity index (χ4n) is 2.37. The van der Waals surface area contributed by atoms with Gasteiger partial charge in [-0.2, -0.15) is 0 Å². The van der Waals surface area contributed by atoms with Gasteiger partial charge in [-0.15, -0.1) is 11.3 Å². The Morgan fingerprint density at radius 2 is 1.79 bits per heavy atom. The van der Waals surface area contributed by atoms with Crippen molar-refractivity contribution in [3.63, 3.8) is 0 Å². The van der Waals surface area contributed by atoms with E-state index in [-0.39, 0.29) is 12.1 Å². The van der Waals surface area contributed by atoms with E-state index in [1.54, 1.807) is 18.4 Å². The van der Waals surface area contributed by atoms with E-state index in [4.69, 9.17) is 0 Å². The van der Waals surface area contributed by atoms with Crippen LogP contribution in [0.25, 0.3) is 0 Å². The molecule has 0 atom stereocenters. The molecule has 0 radical (unpaired) electrons. The van der Waals surface area contributed by atoms with Gasteiger partial charge in [-0.05, 0) is 37.5 Å². The third-order valence-electron chi connectivity index (χ3n) is 3.88. The Morgan fingerprint density at radius 1 is 1.11 bits per heavy atom. The molecule has 2 aromatic rings. The van der Waals surface area contributed by atoms with Crippen LogP contribution in [-0.4, -0.2) is 30.1 Å². The third kappa shape index (κ3) is 7.19. The van der Waals surface area contributed by atoms with Crippen LogP contribution in [0.4, 0.5) is 10.5 Å². The van der Waals surface area contributed by atoms with Gasteiger partial charge in [0.25, 0.3) is 0 Å². The summed E-state index contributed by atoms with van der Waals surface area (Å²) in [6.45, 7) is 9.41. The highest BCUT2D eigenvalue weighted by Gasteiger charge is 2.07. The highest BCUT2D eigenvalue weighted by molar-refractivity contribution is 7.09. The number of carbonyl (C=O) groups excluding carboxylic acids is 1. The molecule has 0 saturated heterocycles. The second-order valence-electron chi connectivity index (χ2n) is 7.05. The topological polar surface area (TPSA) is 90.4 Å². The van der Waals surface area contributed by atoms with E-state index >= 15 is 0 Å². The van der Waals surface area contributed by atoms with Crippen LogP contribution in [-0.2, 0) is 13.1 Å².